The third-order valence-electron chi connectivity index (χ3n) is 3.72. The summed E-state index contributed by atoms with van der Waals surface area (Å²) in [6, 6.07) is 11.1. The number of aromatic nitrogens is 2. The molecule has 1 amide bonds. The maximum atomic E-state index is 13.2. The number of nitrogens with one attached hydrogen (secondary N) is 1. The average Bonchev–Trinajstić information content (AvgIpc) is 3.07. The van der Waals surface area contributed by atoms with Gasteiger partial charge in [-0.3, -0.25) is 14.9 Å². The second kappa shape index (κ2) is 8.41. The monoisotopic (exact) mass is 401 g/mol. The van der Waals surface area contributed by atoms with Crippen molar-refractivity contribution in [2.45, 2.75) is 18.2 Å². The first-order chi connectivity index (χ1) is 12.9. The molecular formula is C19H16FN3O2S2. The molecule has 0 radical (unpaired) electrons. The minimum atomic E-state index is -0.485. The number of aryl methyl sites for hydroxylation is 2. The van der Waals surface area contributed by atoms with Gasteiger partial charge in [0.2, 0.25) is 5.13 Å². The van der Waals surface area contributed by atoms with Crippen LogP contribution in [0.4, 0.5) is 9.52 Å². The summed E-state index contributed by atoms with van der Waals surface area (Å²) in [6.45, 7) is 3.90. The minimum Gasteiger partial charge on any atom is -0.296 e. The first-order valence-electron chi connectivity index (χ1n) is 8.06. The van der Waals surface area contributed by atoms with Gasteiger partial charge in [0.25, 0.3) is 5.91 Å². The molecule has 1 aromatic heterocycles. The number of halogens is 1. The van der Waals surface area contributed by atoms with Crippen molar-refractivity contribution >= 4 is 39.9 Å². The molecule has 0 spiro atoms. The van der Waals surface area contributed by atoms with Gasteiger partial charge < -0.3 is 0 Å². The summed E-state index contributed by atoms with van der Waals surface area (Å²) in [5.41, 5.74) is 2.95. The molecule has 27 heavy (non-hydrogen) atoms. The van der Waals surface area contributed by atoms with Crippen LogP contribution >= 0.6 is 23.1 Å². The van der Waals surface area contributed by atoms with E-state index in [1.54, 1.807) is 0 Å². The lowest BCUT2D eigenvalue weighted by molar-refractivity contribution is 0.101. The predicted molar refractivity (Wildman–Crippen MR) is 105 cm³/mol. The molecule has 3 rings (SSSR count). The number of hydrogen-bond acceptors (Lipinski definition) is 6. The van der Waals surface area contributed by atoms with Crippen LogP contribution in [-0.2, 0) is 0 Å². The smallest absolute Gasteiger partial charge is 0.257 e. The Kier molecular flexibility index (Phi) is 5.98. The number of carbonyl (C=O) groups is 2. The Morgan fingerprint density at radius 1 is 1.15 bits per heavy atom. The van der Waals surface area contributed by atoms with E-state index in [0.29, 0.717) is 15.0 Å². The number of hydrogen-bond donors (Lipinski definition) is 1. The third kappa shape index (κ3) is 4.99. The molecule has 138 valence electrons. The molecule has 0 unspecified atom stereocenters. The lowest BCUT2D eigenvalue weighted by Gasteiger charge is -2.04. The fourth-order valence-corrected chi connectivity index (χ4v) is 4.08. The number of thioether (sulfide) groups is 1. The van der Waals surface area contributed by atoms with Crippen LogP contribution in [0.15, 0.2) is 46.8 Å². The van der Waals surface area contributed by atoms with E-state index in [4.69, 9.17) is 0 Å². The Bertz CT molecular complexity index is 1000. The van der Waals surface area contributed by atoms with Gasteiger partial charge in [-0.15, -0.1) is 10.2 Å². The average molecular weight is 401 g/mol. The zero-order valence-corrected chi connectivity index (χ0v) is 16.3. The highest BCUT2D eigenvalue weighted by molar-refractivity contribution is 8.01. The molecule has 5 nitrogen and oxygen atoms in total. The molecule has 0 bridgehead atoms. The largest absolute Gasteiger partial charge is 0.296 e. The van der Waals surface area contributed by atoms with Gasteiger partial charge in [-0.2, -0.15) is 0 Å². The highest BCUT2D eigenvalue weighted by Crippen LogP contribution is 2.27. The van der Waals surface area contributed by atoms with E-state index < -0.39 is 11.7 Å². The Balaban J connectivity index is 1.59. The number of amides is 1. The van der Waals surface area contributed by atoms with Gasteiger partial charge in [-0.25, -0.2) is 4.39 Å². The molecule has 0 saturated carbocycles. The summed E-state index contributed by atoms with van der Waals surface area (Å²) in [5, 5.41) is 10.7. The van der Waals surface area contributed by atoms with Gasteiger partial charge in [0.15, 0.2) is 10.1 Å². The van der Waals surface area contributed by atoms with Gasteiger partial charge in [-0.05, 0) is 37.6 Å². The van der Waals surface area contributed by atoms with Crippen molar-refractivity contribution in [2.24, 2.45) is 0 Å². The molecule has 2 aromatic carbocycles. The summed E-state index contributed by atoms with van der Waals surface area (Å²) < 4.78 is 13.8. The standard InChI is InChI=1S/C19H16FN3O2S2/c1-11-6-7-15(12(2)8-11)16(24)10-26-19-23-22-18(27-19)21-17(25)13-4-3-5-14(20)9-13/h3-9H,10H2,1-2H3,(H,21,22,25). The van der Waals surface area contributed by atoms with E-state index in [0.717, 1.165) is 17.2 Å². The van der Waals surface area contributed by atoms with Crippen LogP contribution in [0.25, 0.3) is 0 Å². The van der Waals surface area contributed by atoms with Gasteiger partial charge in [0, 0.05) is 11.1 Å². The van der Waals surface area contributed by atoms with Crippen molar-refractivity contribution in [1.82, 2.24) is 10.2 Å². The maximum absolute atomic E-state index is 13.2. The van der Waals surface area contributed by atoms with E-state index in [2.05, 4.69) is 15.5 Å². The topological polar surface area (TPSA) is 72.0 Å². The maximum Gasteiger partial charge on any atom is 0.257 e. The highest BCUT2D eigenvalue weighted by Gasteiger charge is 2.14. The molecule has 0 aliphatic carbocycles. The van der Waals surface area contributed by atoms with Gasteiger partial charge >= 0.3 is 0 Å². The van der Waals surface area contributed by atoms with Crippen LogP contribution < -0.4 is 5.32 Å². The molecule has 3 aromatic rings. The SMILES string of the molecule is Cc1ccc(C(=O)CSc2nnc(NC(=O)c3cccc(F)c3)s2)c(C)c1. The summed E-state index contributed by atoms with van der Waals surface area (Å²) in [7, 11) is 0. The predicted octanol–water partition coefficient (Wildman–Crippen LogP) is 4.52. The van der Waals surface area contributed by atoms with E-state index >= 15 is 0 Å². The summed E-state index contributed by atoms with van der Waals surface area (Å²) in [6.07, 6.45) is 0. The number of carbonyl (C=O) groups excluding carboxylic acids is 2. The van der Waals surface area contributed by atoms with Crippen LogP contribution in [0.5, 0.6) is 0 Å². The first kappa shape index (κ1) is 19.2. The zero-order valence-electron chi connectivity index (χ0n) is 14.7. The van der Waals surface area contributed by atoms with Crippen molar-refractivity contribution in [3.63, 3.8) is 0 Å². The molecule has 0 aliphatic heterocycles. The lowest BCUT2D eigenvalue weighted by Crippen LogP contribution is -2.11. The third-order valence-corrected chi connectivity index (χ3v) is 5.69. The number of Topliss-reactive ketones (excluding diaryl/α,β-unsaturated/α-hetero) is 1. The van der Waals surface area contributed by atoms with Crippen LogP contribution in [0.2, 0.25) is 0 Å². The summed E-state index contributed by atoms with van der Waals surface area (Å²) in [4.78, 5) is 24.5. The second-order valence-electron chi connectivity index (χ2n) is 5.87. The van der Waals surface area contributed by atoms with E-state index in [1.165, 1.54) is 41.3 Å². The van der Waals surface area contributed by atoms with E-state index in [-0.39, 0.29) is 17.1 Å². The molecule has 1 N–H and O–H groups in total. The molecule has 8 heteroatoms. The molecular weight excluding hydrogens is 385 g/mol. The normalized spacial score (nSPS) is 10.6. The van der Waals surface area contributed by atoms with Crippen molar-refractivity contribution in [1.29, 1.82) is 0 Å². The van der Waals surface area contributed by atoms with Gasteiger partial charge in [0.05, 0.1) is 5.75 Å². The number of anilines is 1. The van der Waals surface area contributed by atoms with Crippen molar-refractivity contribution in [3.05, 3.63) is 70.5 Å². The number of ketones is 1. The highest BCUT2D eigenvalue weighted by atomic mass is 32.2. The lowest BCUT2D eigenvalue weighted by atomic mass is 10.0. The quantitative estimate of drug-likeness (QED) is 0.373. The fraction of sp³-hybridized carbons (Fsp3) is 0.158. The van der Waals surface area contributed by atoms with Crippen molar-refractivity contribution < 1.29 is 14.0 Å². The van der Waals surface area contributed by atoms with Crippen molar-refractivity contribution in [3.8, 4) is 0 Å². The van der Waals surface area contributed by atoms with Gasteiger partial charge in [0.1, 0.15) is 5.82 Å². The van der Waals surface area contributed by atoms with Crippen LogP contribution in [0.3, 0.4) is 0 Å². The summed E-state index contributed by atoms with van der Waals surface area (Å²) in [5.74, 6) is -0.705. The molecule has 0 fully saturated rings. The molecule has 0 atom stereocenters. The zero-order chi connectivity index (χ0) is 19.4. The van der Waals surface area contributed by atoms with E-state index in [1.807, 2.05) is 32.0 Å². The van der Waals surface area contributed by atoms with Crippen LogP contribution in [0, 0.1) is 19.7 Å². The Morgan fingerprint density at radius 2 is 1.96 bits per heavy atom. The van der Waals surface area contributed by atoms with Crippen molar-refractivity contribution in [2.75, 3.05) is 11.1 Å². The number of benzene rings is 2. The number of rotatable bonds is 6. The van der Waals surface area contributed by atoms with E-state index in [9.17, 15) is 14.0 Å². The van der Waals surface area contributed by atoms with Crippen LogP contribution in [-0.4, -0.2) is 27.6 Å². The van der Waals surface area contributed by atoms with Crippen LogP contribution in [0.1, 0.15) is 31.8 Å². The second-order valence-corrected chi connectivity index (χ2v) is 8.07. The Hall–Kier alpha value is -2.58. The minimum absolute atomic E-state index is 0.0121. The summed E-state index contributed by atoms with van der Waals surface area (Å²) >= 11 is 2.43. The molecule has 0 aliphatic rings. The Labute approximate surface area is 164 Å². The number of nitrogens with zero attached hydrogens (tertiary/aromatic N) is 2. The Morgan fingerprint density at radius 3 is 2.70 bits per heavy atom. The van der Waals surface area contributed by atoms with Gasteiger partial charge in [-0.1, -0.05) is 52.9 Å². The molecule has 1 heterocycles. The molecule has 0 saturated heterocycles. The first-order valence-corrected chi connectivity index (χ1v) is 9.86. The fourth-order valence-electron chi connectivity index (χ4n) is 2.45.